The van der Waals surface area contributed by atoms with Gasteiger partial charge in [0, 0.05) is 28.7 Å². The third-order valence-corrected chi connectivity index (χ3v) is 4.84. The van der Waals surface area contributed by atoms with Crippen LogP contribution in [0.4, 0.5) is 4.39 Å². The number of hydrogen-bond acceptors (Lipinski definition) is 4. The maximum absolute atomic E-state index is 14.7. The third kappa shape index (κ3) is 4.34. The molecule has 0 aliphatic heterocycles. The van der Waals surface area contributed by atoms with Gasteiger partial charge in [0.25, 0.3) is 0 Å². The number of benzene rings is 2. The summed E-state index contributed by atoms with van der Waals surface area (Å²) in [6.07, 6.45) is 1.51. The highest BCUT2D eigenvalue weighted by Crippen LogP contribution is 2.25. The van der Waals surface area contributed by atoms with Crippen LogP contribution in [0.25, 0.3) is 11.1 Å². The van der Waals surface area contributed by atoms with Gasteiger partial charge < -0.3 is 4.74 Å². The van der Waals surface area contributed by atoms with E-state index in [4.69, 9.17) is 4.74 Å². The van der Waals surface area contributed by atoms with Gasteiger partial charge in [-0.05, 0) is 53.9 Å². The molecule has 4 nitrogen and oxygen atoms in total. The molecule has 3 aromatic rings. The maximum Gasteiger partial charge on any atom is 0.213 e. The molecular formula is C22H17BrFNO3. The van der Waals surface area contributed by atoms with Crippen molar-refractivity contribution in [3.63, 3.8) is 0 Å². The number of nitrogens with zero attached hydrogens (tertiary/aromatic N) is 1. The van der Waals surface area contributed by atoms with Crippen LogP contribution < -0.4 is 4.74 Å². The van der Waals surface area contributed by atoms with E-state index in [-0.39, 0.29) is 17.8 Å². The van der Waals surface area contributed by atoms with Crippen molar-refractivity contribution in [3.05, 3.63) is 81.7 Å². The first-order valence-corrected chi connectivity index (χ1v) is 9.31. The number of ketones is 2. The summed E-state index contributed by atoms with van der Waals surface area (Å²) in [5.41, 5.74) is 2.35. The summed E-state index contributed by atoms with van der Waals surface area (Å²) in [6, 6.07) is 13.0. The molecule has 28 heavy (non-hydrogen) atoms. The fourth-order valence-electron chi connectivity index (χ4n) is 2.94. The standard InChI is InChI=1S/C22H17BrFNO3/c1-13(26)18-6-4-17(23)9-16(18)11-21(27)19-5-3-14(10-20(19)24)15-7-8-25-22(12-15)28-2/h3-10,12H,11H2,1-2H3. The summed E-state index contributed by atoms with van der Waals surface area (Å²) in [4.78, 5) is 28.5. The Morgan fingerprint density at radius 2 is 1.75 bits per heavy atom. The SMILES string of the molecule is COc1cc(-c2ccc(C(=O)Cc3cc(Br)ccc3C(C)=O)c(F)c2)ccn1. The van der Waals surface area contributed by atoms with Gasteiger partial charge in [-0.15, -0.1) is 0 Å². The van der Waals surface area contributed by atoms with Crippen molar-refractivity contribution in [3.8, 4) is 17.0 Å². The van der Waals surface area contributed by atoms with E-state index >= 15 is 0 Å². The average molecular weight is 442 g/mol. The zero-order valence-corrected chi connectivity index (χ0v) is 16.9. The second kappa shape index (κ2) is 8.44. The molecule has 6 heteroatoms. The van der Waals surface area contributed by atoms with Gasteiger partial charge in [-0.1, -0.05) is 28.1 Å². The Labute approximate surface area is 170 Å². The van der Waals surface area contributed by atoms with Crippen LogP contribution in [0.3, 0.4) is 0 Å². The summed E-state index contributed by atoms with van der Waals surface area (Å²) in [6.45, 7) is 1.44. The van der Waals surface area contributed by atoms with Crippen LogP contribution in [0.1, 0.15) is 33.2 Å². The number of methoxy groups -OCH3 is 1. The number of Topliss-reactive ketones (excluding diaryl/α,β-unsaturated/α-hetero) is 2. The first-order chi connectivity index (χ1) is 13.4. The quantitative estimate of drug-likeness (QED) is 0.487. The normalized spacial score (nSPS) is 10.6. The second-order valence-corrected chi connectivity index (χ2v) is 7.15. The van der Waals surface area contributed by atoms with Crippen LogP contribution in [0.5, 0.6) is 5.88 Å². The predicted molar refractivity (Wildman–Crippen MR) is 108 cm³/mol. The van der Waals surface area contributed by atoms with Crippen molar-refractivity contribution in [1.82, 2.24) is 4.98 Å². The number of carbonyl (C=O) groups excluding carboxylic acids is 2. The lowest BCUT2D eigenvalue weighted by Crippen LogP contribution is -2.10. The summed E-state index contributed by atoms with van der Waals surface area (Å²) in [5.74, 6) is -0.725. The van der Waals surface area contributed by atoms with Crippen LogP contribution in [-0.2, 0) is 6.42 Å². The number of pyridine rings is 1. The second-order valence-electron chi connectivity index (χ2n) is 6.24. The van der Waals surface area contributed by atoms with E-state index in [1.54, 1.807) is 42.6 Å². The monoisotopic (exact) mass is 441 g/mol. The molecule has 0 aliphatic rings. The molecule has 0 bridgehead atoms. The minimum Gasteiger partial charge on any atom is -0.481 e. The molecule has 0 fully saturated rings. The van der Waals surface area contributed by atoms with Crippen LogP contribution in [0.2, 0.25) is 0 Å². The van der Waals surface area contributed by atoms with E-state index < -0.39 is 11.6 Å². The molecule has 0 saturated heterocycles. The fraction of sp³-hybridized carbons (Fsp3) is 0.136. The summed E-state index contributed by atoms with van der Waals surface area (Å²) >= 11 is 3.34. The topological polar surface area (TPSA) is 56.3 Å². The smallest absolute Gasteiger partial charge is 0.213 e. The number of aromatic nitrogens is 1. The lowest BCUT2D eigenvalue weighted by molar-refractivity contribution is 0.0988. The molecule has 0 saturated carbocycles. The van der Waals surface area contributed by atoms with E-state index in [1.165, 1.54) is 26.2 Å². The van der Waals surface area contributed by atoms with Gasteiger partial charge in [0.05, 0.1) is 12.7 Å². The average Bonchev–Trinajstić information content (AvgIpc) is 2.67. The Morgan fingerprint density at radius 1 is 1.04 bits per heavy atom. The molecule has 1 heterocycles. The first-order valence-electron chi connectivity index (χ1n) is 8.51. The van der Waals surface area contributed by atoms with Gasteiger partial charge in [-0.2, -0.15) is 0 Å². The Morgan fingerprint density at radius 3 is 2.43 bits per heavy atom. The fourth-order valence-corrected chi connectivity index (χ4v) is 3.35. The highest BCUT2D eigenvalue weighted by atomic mass is 79.9. The van der Waals surface area contributed by atoms with E-state index in [1.807, 2.05) is 0 Å². The number of ether oxygens (including phenoxy) is 1. The molecule has 1 aromatic heterocycles. The molecule has 0 spiro atoms. The number of rotatable bonds is 6. The van der Waals surface area contributed by atoms with Gasteiger partial charge in [0.2, 0.25) is 5.88 Å². The molecule has 0 radical (unpaired) electrons. The number of halogens is 2. The lowest BCUT2D eigenvalue weighted by Gasteiger charge is -2.09. The molecule has 0 atom stereocenters. The van der Waals surface area contributed by atoms with Crippen molar-refractivity contribution >= 4 is 27.5 Å². The van der Waals surface area contributed by atoms with Crippen molar-refractivity contribution in [1.29, 1.82) is 0 Å². The Hall–Kier alpha value is -2.86. The highest BCUT2D eigenvalue weighted by molar-refractivity contribution is 9.10. The van der Waals surface area contributed by atoms with Crippen molar-refractivity contribution in [2.45, 2.75) is 13.3 Å². The Balaban J connectivity index is 1.89. The van der Waals surface area contributed by atoms with E-state index in [0.717, 1.165) is 10.0 Å². The van der Waals surface area contributed by atoms with Crippen molar-refractivity contribution < 1.29 is 18.7 Å². The summed E-state index contributed by atoms with van der Waals surface area (Å²) < 4.78 is 20.5. The lowest BCUT2D eigenvalue weighted by atomic mass is 9.95. The van der Waals surface area contributed by atoms with Gasteiger partial charge in [0.15, 0.2) is 11.6 Å². The highest BCUT2D eigenvalue weighted by Gasteiger charge is 2.17. The molecular weight excluding hydrogens is 425 g/mol. The molecule has 142 valence electrons. The summed E-state index contributed by atoms with van der Waals surface area (Å²) in [5, 5.41) is 0. The Bertz CT molecular complexity index is 1070. The predicted octanol–water partition coefficient (Wildman–Crippen LogP) is 5.29. The van der Waals surface area contributed by atoms with Crippen molar-refractivity contribution in [2.24, 2.45) is 0 Å². The van der Waals surface area contributed by atoms with Gasteiger partial charge in [0.1, 0.15) is 5.82 Å². The maximum atomic E-state index is 14.7. The van der Waals surface area contributed by atoms with Crippen LogP contribution in [0.15, 0.2) is 59.2 Å². The van der Waals surface area contributed by atoms with Gasteiger partial charge >= 0.3 is 0 Å². The largest absolute Gasteiger partial charge is 0.481 e. The number of hydrogen-bond donors (Lipinski definition) is 0. The molecule has 0 unspecified atom stereocenters. The van der Waals surface area contributed by atoms with Gasteiger partial charge in [-0.3, -0.25) is 9.59 Å². The van der Waals surface area contributed by atoms with Crippen LogP contribution >= 0.6 is 15.9 Å². The van der Waals surface area contributed by atoms with E-state index in [0.29, 0.717) is 22.6 Å². The number of carbonyl (C=O) groups is 2. The van der Waals surface area contributed by atoms with Crippen LogP contribution in [0, 0.1) is 5.82 Å². The third-order valence-electron chi connectivity index (χ3n) is 4.34. The van der Waals surface area contributed by atoms with E-state index in [2.05, 4.69) is 20.9 Å². The first kappa shape index (κ1) is 19.9. The van der Waals surface area contributed by atoms with Gasteiger partial charge in [-0.25, -0.2) is 9.37 Å². The zero-order valence-electron chi connectivity index (χ0n) is 15.3. The molecule has 2 aromatic carbocycles. The molecule has 0 aliphatic carbocycles. The molecule has 3 rings (SSSR count). The molecule has 0 N–H and O–H groups in total. The minimum atomic E-state index is -0.613. The zero-order chi connectivity index (χ0) is 20.3. The minimum absolute atomic E-state index is 0.0146. The van der Waals surface area contributed by atoms with Crippen LogP contribution in [-0.4, -0.2) is 23.7 Å². The van der Waals surface area contributed by atoms with E-state index in [9.17, 15) is 14.0 Å². The Kier molecular flexibility index (Phi) is 5.99. The summed E-state index contributed by atoms with van der Waals surface area (Å²) in [7, 11) is 1.51. The van der Waals surface area contributed by atoms with Crippen molar-refractivity contribution in [2.75, 3.05) is 7.11 Å². The molecule has 0 amide bonds.